The maximum absolute atomic E-state index is 12.5. The van der Waals surface area contributed by atoms with Crippen molar-refractivity contribution in [1.29, 1.82) is 0 Å². The highest BCUT2D eigenvalue weighted by atomic mass is 35.5. The number of rotatable bonds is 5. The Bertz CT molecular complexity index is 1230. The lowest BCUT2D eigenvalue weighted by Gasteiger charge is -2.08. The second-order valence-electron chi connectivity index (χ2n) is 6.53. The summed E-state index contributed by atoms with van der Waals surface area (Å²) >= 11 is 7.14. The maximum atomic E-state index is 12.5. The topological polar surface area (TPSA) is 59.3 Å². The van der Waals surface area contributed by atoms with Crippen LogP contribution in [0.5, 0.6) is 0 Å². The molecule has 4 rings (SSSR count). The minimum atomic E-state index is -1.00. The van der Waals surface area contributed by atoms with Crippen LogP contribution in [0.15, 0.2) is 71.5 Å². The highest BCUT2D eigenvalue weighted by Crippen LogP contribution is 2.24. The number of hydrogen-bond acceptors (Lipinski definition) is 3. The van der Waals surface area contributed by atoms with Crippen molar-refractivity contribution in [1.82, 2.24) is 4.57 Å². The lowest BCUT2D eigenvalue weighted by molar-refractivity contribution is 0.0696. The fraction of sp³-hybridized carbons (Fsp3) is 0.0909. The molecule has 0 aliphatic rings. The summed E-state index contributed by atoms with van der Waals surface area (Å²) in [7, 11) is 0. The highest BCUT2D eigenvalue weighted by molar-refractivity contribution is 7.16. The second-order valence-corrected chi connectivity index (χ2v) is 7.95. The summed E-state index contributed by atoms with van der Waals surface area (Å²) in [5.41, 5.74) is 3.79. The molecule has 0 spiro atoms. The third kappa shape index (κ3) is 3.72. The van der Waals surface area contributed by atoms with Gasteiger partial charge in [0.15, 0.2) is 0 Å². The number of aromatic nitrogens is 1. The molecule has 0 unspecified atom stereocenters. The van der Waals surface area contributed by atoms with Crippen molar-refractivity contribution in [3.05, 3.63) is 104 Å². The van der Waals surface area contributed by atoms with Gasteiger partial charge in [-0.1, -0.05) is 65.4 Å². The average Bonchev–Trinajstić information content (AvgIpc) is 2.98. The molecule has 0 fully saturated rings. The van der Waals surface area contributed by atoms with Crippen LogP contribution in [0.25, 0.3) is 10.2 Å². The van der Waals surface area contributed by atoms with Crippen molar-refractivity contribution in [2.75, 3.05) is 0 Å². The van der Waals surface area contributed by atoms with Gasteiger partial charge in [-0.15, -0.1) is 0 Å². The van der Waals surface area contributed by atoms with Gasteiger partial charge < -0.3 is 5.11 Å². The zero-order valence-electron chi connectivity index (χ0n) is 14.8. The van der Waals surface area contributed by atoms with E-state index in [1.54, 1.807) is 16.7 Å². The van der Waals surface area contributed by atoms with Gasteiger partial charge in [-0.3, -0.25) is 9.36 Å². The van der Waals surface area contributed by atoms with Gasteiger partial charge in [0.25, 0.3) is 0 Å². The smallest absolute Gasteiger partial charge is 0.336 e. The van der Waals surface area contributed by atoms with E-state index in [9.17, 15) is 14.7 Å². The normalized spacial score (nSPS) is 11.0. The first-order chi connectivity index (χ1) is 13.5. The highest BCUT2D eigenvalue weighted by Gasteiger charge is 2.13. The standard InChI is InChI=1S/C22H16ClNO3S/c23-17-8-7-16(18(12-17)21(25)26)10-15-6-9-19-20(11-15)28-22(27)24(19)13-14-4-2-1-3-5-14/h1-9,11-12H,10,13H2,(H,25,26). The molecule has 0 aliphatic carbocycles. The van der Waals surface area contributed by atoms with Gasteiger partial charge in [-0.05, 0) is 47.4 Å². The third-order valence-electron chi connectivity index (χ3n) is 4.61. The predicted molar refractivity (Wildman–Crippen MR) is 113 cm³/mol. The summed E-state index contributed by atoms with van der Waals surface area (Å²) in [5.74, 6) is -1.00. The molecule has 4 aromatic rings. The monoisotopic (exact) mass is 409 g/mol. The Hall–Kier alpha value is -2.89. The second kappa shape index (κ2) is 7.62. The average molecular weight is 410 g/mol. The Morgan fingerprint density at radius 3 is 2.54 bits per heavy atom. The number of thiazole rings is 1. The Morgan fingerprint density at radius 2 is 1.79 bits per heavy atom. The Labute approximate surface area is 170 Å². The summed E-state index contributed by atoms with van der Waals surface area (Å²) in [5, 5.41) is 9.81. The first-order valence-electron chi connectivity index (χ1n) is 8.69. The van der Waals surface area contributed by atoms with Crippen LogP contribution < -0.4 is 4.87 Å². The van der Waals surface area contributed by atoms with Crippen LogP contribution in [0.3, 0.4) is 0 Å². The van der Waals surface area contributed by atoms with Crippen molar-refractivity contribution in [2.45, 2.75) is 13.0 Å². The van der Waals surface area contributed by atoms with Crippen molar-refractivity contribution in [2.24, 2.45) is 0 Å². The molecule has 4 nitrogen and oxygen atoms in total. The molecule has 0 saturated carbocycles. The van der Waals surface area contributed by atoms with E-state index >= 15 is 0 Å². The van der Waals surface area contributed by atoms with E-state index in [0.717, 1.165) is 21.3 Å². The predicted octanol–water partition coefficient (Wildman–Crippen LogP) is 5.05. The number of benzene rings is 3. The molecular formula is C22H16ClNO3S. The van der Waals surface area contributed by atoms with E-state index in [0.29, 0.717) is 23.6 Å². The molecule has 6 heteroatoms. The molecule has 28 heavy (non-hydrogen) atoms. The van der Waals surface area contributed by atoms with Crippen molar-refractivity contribution < 1.29 is 9.90 Å². The first kappa shape index (κ1) is 18.5. The van der Waals surface area contributed by atoms with Crippen LogP contribution in [-0.4, -0.2) is 15.6 Å². The summed E-state index contributed by atoms with van der Waals surface area (Å²) in [6, 6.07) is 20.6. The largest absolute Gasteiger partial charge is 0.478 e. The number of fused-ring (bicyclic) bond motifs is 1. The van der Waals surface area contributed by atoms with Gasteiger partial charge in [0.2, 0.25) is 0 Å². The lowest BCUT2D eigenvalue weighted by Crippen LogP contribution is -2.13. The zero-order valence-corrected chi connectivity index (χ0v) is 16.3. The molecule has 1 N–H and O–H groups in total. The van der Waals surface area contributed by atoms with E-state index in [2.05, 4.69) is 0 Å². The van der Waals surface area contributed by atoms with Crippen LogP contribution in [0.1, 0.15) is 27.0 Å². The molecule has 0 aliphatic heterocycles. The molecule has 0 atom stereocenters. The number of carboxylic acid groups (broad SMARTS) is 1. The summed E-state index contributed by atoms with van der Waals surface area (Å²) in [6.07, 6.45) is 0.458. The van der Waals surface area contributed by atoms with Crippen molar-refractivity contribution in [3.8, 4) is 0 Å². The molecule has 0 bridgehead atoms. The zero-order chi connectivity index (χ0) is 19.7. The number of carboxylic acids is 1. The fourth-order valence-corrected chi connectivity index (χ4v) is 4.38. The van der Waals surface area contributed by atoms with Crippen LogP contribution >= 0.6 is 22.9 Å². The summed E-state index contributed by atoms with van der Waals surface area (Å²) < 4.78 is 2.66. The van der Waals surface area contributed by atoms with Crippen LogP contribution in [0, 0.1) is 0 Å². The molecule has 1 aromatic heterocycles. The van der Waals surface area contributed by atoms with Gasteiger partial charge in [-0.25, -0.2) is 4.79 Å². The molecule has 1 heterocycles. The minimum absolute atomic E-state index is 0.00581. The molecule has 0 saturated heterocycles. The number of aromatic carboxylic acids is 1. The Kier molecular flexibility index (Phi) is 5.03. The molecular weight excluding hydrogens is 394 g/mol. The van der Waals surface area contributed by atoms with Crippen LogP contribution in [0.2, 0.25) is 5.02 Å². The first-order valence-corrected chi connectivity index (χ1v) is 9.88. The number of nitrogens with zero attached hydrogens (tertiary/aromatic N) is 1. The van der Waals surface area contributed by atoms with E-state index in [-0.39, 0.29) is 10.4 Å². The summed E-state index contributed by atoms with van der Waals surface area (Å²) in [6.45, 7) is 0.527. The third-order valence-corrected chi connectivity index (χ3v) is 5.79. The molecule has 3 aromatic carbocycles. The Morgan fingerprint density at radius 1 is 1.00 bits per heavy atom. The molecule has 0 radical (unpaired) electrons. The fourth-order valence-electron chi connectivity index (χ4n) is 3.26. The van der Waals surface area contributed by atoms with E-state index in [1.807, 2.05) is 48.5 Å². The van der Waals surface area contributed by atoms with Gasteiger partial charge in [0.05, 0.1) is 22.3 Å². The summed E-state index contributed by atoms with van der Waals surface area (Å²) in [4.78, 5) is 24.0. The lowest BCUT2D eigenvalue weighted by atomic mass is 9.99. The van der Waals surface area contributed by atoms with Gasteiger partial charge in [0, 0.05) is 5.02 Å². The van der Waals surface area contributed by atoms with Gasteiger partial charge in [0.1, 0.15) is 0 Å². The van der Waals surface area contributed by atoms with E-state index < -0.39 is 5.97 Å². The number of hydrogen-bond donors (Lipinski definition) is 1. The molecule has 140 valence electrons. The molecule has 0 amide bonds. The quantitative estimate of drug-likeness (QED) is 0.501. The van der Waals surface area contributed by atoms with Crippen LogP contribution in [-0.2, 0) is 13.0 Å². The van der Waals surface area contributed by atoms with Crippen molar-refractivity contribution in [3.63, 3.8) is 0 Å². The van der Waals surface area contributed by atoms with Gasteiger partial charge in [-0.2, -0.15) is 0 Å². The maximum Gasteiger partial charge on any atom is 0.336 e. The van der Waals surface area contributed by atoms with Crippen LogP contribution in [0.4, 0.5) is 0 Å². The van der Waals surface area contributed by atoms with Crippen molar-refractivity contribution >= 4 is 39.1 Å². The minimum Gasteiger partial charge on any atom is -0.478 e. The number of halogens is 1. The SMILES string of the molecule is O=C(O)c1cc(Cl)ccc1Cc1ccc2c(c1)sc(=O)n2Cc1ccccc1. The van der Waals surface area contributed by atoms with E-state index in [4.69, 9.17) is 11.6 Å². The van der Waals surface area contributed by atoms with E-state index in [1.165, 1.54) is 17.4 Å². The van der Waals surface area contributed by atoms with Gasteiger partial charge >= 0.3 is 10.8 Å². The number of carbonyl (C=O) groups is 1. The Balaban J connectivity index is 1.68.